The number of ether oxygens (including phenoxy) is 3. The Hall–Kier alpha value is -2.97. The molecule has 1 aliphatic heterocycles. The monoisotopic (exact) mass is 529 g/mol. The molecular formula is C28H32ClNO5S. The number of hydrogen-bond acceptors (Lipinski definition) is 6. The lowest BCUT2D eigenvalue weighted by Crippen LogP contribution is -2.33. The number of piperidine rings is 1. The zero-order valence-corrected chi connectivity index (χ0v) is 21.9. The number of thiophene rings is 1. The van der Waals surface area contributed by atoms with Crippen LogP contribution in [-0.2, 0) is 0 Å². The van der Waals surface area contributed by atoms with Crippen LogP contribution in [0.5, 0.6) is 28.7 Å². The van der Waals surface area contributed by atoms with Gasteiger partial charge in [-0.1, -0.05) is 6.42 Å². The molecule has 3 aromatic carbocycles. The number of benzene rings is 3. The van der Waals surface area contributed by atoms with Crippen molar-refractivity contribution in [3.8, 4) is 39.2 Å². The Morgan fingerprint density at radius 3 is 2.22 bits per heavy atom. The summed E-state index contributed by atoms with van der Waals surface area (Å²) in [6.07, 6.45) is 3.93. The molecule has 192 valence electrons. The lowest BCUT2D eigenvalue weighted by molar-refractivity contribution is 0.183. The average molecular weight is 530 g/mol. The van der Waals surface area contributed by atoms with Gasteiger partial charge in [0.25, 0.3) is 0 Å². The van der Waals surface area contributed by atoms with E-state index in [1.165, 1.54) is 32.4 Å². The molecule has 0 amide bonds. The Kier molecular flexibility index (Phi) is 9.84. The van der Waals surface area contributed by atoms with Crippen LogP contribution in [0.25, 0.3) is 20.5 Å². The summed E-state index contributed by atoms with van der Waals surface area (Å²) >= 11 is 1.60. The number of nitrogens with zero attached hydrogens (tertiary/aromatic N) is 1. The first-order valence-corrected chi connectivity index (χ1v) is 12.5. The fourth-order valence-corrected chi connectivity index (χ4v) is 5.46. The van der Waals surface area contributed by atoms with E-state index < -0.39 is 0 Å². The van der Waals surface area contributed by atoms with Gasteiger partial charge in [-0.25, -0.2) is 0 Å². The minimum absolute atomic E-state index is 0. The van der Waals surface area contributed by atoms with Gasteiger partial charge in [0.15, 0.2) is 5.75 Å². The second kappa shape index (κ2) is 12.8. The summed E-state index contributed by atoms with van der Waals surface area (Å²) in [6, 6.07) is 21.1. The van der Waals surface area contributed by atoms with Gasteiger partial charge in [0.05, 0.1) is 12.0 Å². The standard InChI is InChI=1S/C28H29NO4S.ClH.H2O/c1-31-22-8-5-20(6-9-22)28-27(25-14-7-21(30)19-26(25)34-28)33-24-12-10-23(11-13-24)32-18-17-29-15-3-2-4-16-29;;/h5-14,19,30H,2-4,15-18H2,1H3;1H;1H2. The molecule has 0 radical (unpaired) electrons. The molecule has 0 saturated carbocycles. The minimum Gasteiger partial charge on any atom is -0.508 e. The van der Waals surface area contributed by atoms with Crippen LogP contribution in [0, 0.1) is 0 Å². The predicted molar refractivity (Wildman–Crippen MR) is 149 cm³/mol. The second-order valence-corrected chi connectivity index (χ2v) is 9.55. The van der Waals surface area contributed by atoms with Crippen LogP contribution in [0.2, 0.25) is 0 Å². The number of methoxy groups -OCH3 is 1. The first kappa shape index (κ1) is 27.6. The number of halogens is 1. The topological polar surface area (TPSA) is 82.7 Å². The third-order valence-corrected chi connectivity index (χ3v) is 7.33. The highest BCUT2D eigenvalue weighted by atomic mass is 35.5. The van der Waals surface area contributed by atoms with Crippen molar-refractivity contribution in [3.63, 3.8) is 0 Å². The van der Waals surface area contributed by atoms with Gasteiger partial charge in [-0.3, -0.25) is 4.90 Å². The summed E-state index contributed by atoms with van der Waals surface area (Å²) in [7, 11) is 1.66. The fraction of sp³-hybridized carbons (Fsp3) is 0.286. The van der Waals surface area contributed by atoms with Gasteiger partial charge in [0, 0.05) is 16.6 Å². The van der Waals surface area contributed by atoms with Crippen molar-refractivity contribution in [3.05, 3.63) is 66.7 Å². The van der Waals surface area contributed by atoms with E-state index in [1.54, 1.807) is 30.6 Å². The normalized spacial score (nSPS) is 13.5. The van der Waals surface area contributed by atoms with Gasteiger partial charge in [0.2, 0.25) is 0 Å². The molecule has 2 heterocycles. The largest absolute Gasteiger partial charge is 0.508 e. The van der Waals surface area contributed by atoms with Crippen LogP contribution in [0.1, 0.15) is 19.3 Å². The SMILES string of the molecule is COc1ccc(-c2sc3cc(O)ccc3c2Oc2ccc(OCCN3CCCCC3)cc2)cc1.Cl.O. The minimum atomic E-state index is 0. The van der Waals surface area contributed by atoms with Crippen molar-refractivity contribution in [2.45, 2.75) is 19.3 Å². The summed E-state index contributed by atoms with van der Waals surface area (Å²) in [5, 5.41) is 10.9. The molecule has 1 aromatic heterocycles. The molecule has 1 saturated heterocycles. The van der Waals surface area contributed by atoms with E-state index in [1.807, 2.05) is 54.6 Å². The molecule has 1 aliphatic rings. The number of rotatable bonds is 8. The second-order valence-electron chi connectivity index (χ2n) is 8.49. The van der Waals surface area contributed by atoms with Crippen molar-refractivity contribution in [1.29, 1.82) is 0 Å². The number of phenolic OH excluding ortho intramolecular Hbond substituents is 1. The van der Waals surface area contributed by atoms with E-state index in [9.17, 15) is 5.11 Å². The highest BCUT2D eigenvalue weighted by Gasteiger charge is 2.17. The average Bonchev–Trinajstić information content (AvgIpc) is 3.23. The zero-order valence-electron chi connectivity index (χ0n) is 20.2. The maximum absolute atomic E-state index is 9.98. The third-order valence-electron chi connectivity index (χ3n) is 6.15. The fourth-order valence-electron chi connectivity index (χ4n) is 4.29. The maximum Gasteiger partial charge on any atom is 0.153 e. The van der Waals surface area contributed by atoms with E-state index >= 15 is 0 Å². The Labute approximate surface area is 221 Å². The first-order valence-electron chi connectivity index (χ1n) is 11.7. The number of likely N-dealkylation sites (tertiary alicyclic amines) is 1. The van der Waals surface area contributed by atoms with E-state index in [0.717, 1.165) is 50.1 Å². The molecule has 6 nitrogen and oxygen atoms in total. The van der Waals surface area contributed by atoms with Crippen LogP contribution in [-0.4, -0.2) is 48.8 Å². The van der Waals surface area contributed by atoms with Crippen molar-refractivity contribution < 1.29 is 24.8 Å². The van der Waals surface area contributed by atoms with E-state index in [0.29, 0.717) is 6.61 Å². The smallest absolute Gasteiger partial charge is 0.153 e. The van der Waals surface area contributed by atoms with E-state index in [-0.39, 0.29) is 23.6 Å². The molecule has 0 aliphatic carbocycles. The zero-order chi connectivity index (χ0) is 23.3. The summed E-state index contributed by atoms with van der Waals surface area (Å²) in [5.74, 6) is 3.42. The Bertz CT molecular complexity index is 1240. The van der Waals surface area contributed by atoms with Crippen LogP contribution < -0.4 is 14.2 Å². The number of hydrogen-bond donors (Lipinski definition) is 1. The molecule has 4 aromatic rings. The van der Waals surface area contributed by atoms with E-state index in [2.05, 4.69) is 4.90 Å². The molecule has 0 unspecified atom stereocenters. The molecule has 5 rings (SSSR count). The summed E-state index contributed by atoms with van der Waals surface area (Å²) in [5.41, 5.74) is 1.04. The van der Waals surface area contributed by atoms with Crippen LogP contribution in [0.4, 0.5) is 0 Å². The van der Waals surface area contributed by atoms with Crippen molar-refractivity contribution in [1.82, 2.24) is 4.90 Å². The van der Waals surface area contributed by atoms with Crippen molar-refractivity contribution in [2.24, 2.45) is 0 Å². The Balaban J connectivity index is 0.00000180. The molecule has 0 atom stereocenters. The summed E-state index contributed by atoms with van der Waals surface area (Å²) < 4.78 is 18.6. The molecule has 36 heavy (non-hydrogen) atoms. The Morgan fingerprint density at radius 1 is 0.861 bits per heavy atom. The molecule has 8 heteroatoms. The lowest BCUT2D eigenvalue weighted by Gasteiger charge is -2.26. The molecule has 3 N–H and O–H groups in total. The third kappa shape index (κ3) is 6.42. The van der Waals surface area contributed by atoms with Gasteiger partial charge in [-0.05, 0) is 98.2 Å². The summed E-state index contributed by atoms with van der Waals surface area (Å²) in [6.45, 7) is 4.02. The first-order chi connectivity index (χ1) is 16.7. The van der Waals surface area contributed by atoms with Gasteiger partial charge in [-0.2, -0.15) is 0 Å². The number of aromatic hydroxyl groups is 1. The summed E-state index contributed by atoms with van der Waals surface area (Å²) in [4.78, 5) is 3.48. The van der Waals surface area contributed by atoms with Crippen LogP contribution in [0.3, 0.4) is 0 Å². The molecular weight excluding hydrogens is 498 g/mol. The van der Waals surface area contributed by atoms with E-state index in [4.69, 9.17) is 14.2 Å². The van der Waals surface area contributed by atoms with Gasteiger partial charge in [0.1, 0.15) is 29.6 Å². The Morgan fingerprint density at radius 2 is 1.53 bits per heavy atom. The van der Waals surface area contributed by atoms with Crippen molar-refractivity contribution in [2.75, 3.05) is 33.4 Å². The highest BCUT2D eigenvalue weighted by molar-refractivity contribution is 7.22. The predicted octanol–water partition coefficient (Wildman–Crippen LogP) is 6.54. The number of phenols is 1. The quantitative estimate of drug-likeness (QED) is 0.280. The number of fused-ring (bicyclic) bond motifs is 1. The van der Waals surface area contributed by atoms with Gasteiger partial charge >= 0.3 is 0 Å². The molecule has 1 fully saturated rings. The van der Waals surface area contributed by atoms with Crippen LogP contribution in [0.15, 0.2) is 66.7 Å². The molecule has 0 spiro atoms. The lowest BCUT2D eigenvalue weighted by atomic mass is 10.1. The van der Waals surface area contributed by atoms with Crippen molar-refractivity contribution >= 4 is 33.8 Å². The van der Waals surface area contributed by atoms with Crippen LogP contribution >= 0.6 is 23.7 Å². The highest BCUT2D eigenvalue weighted by Crippen LogP contribution is 2.47. The maximum atomic E-state index is 9.98. The van der Waals surface area contributed by atoms with Gasteiger partial charge in [-0.15, -0.1) is 23.7 Å². The molecule has 0 bridgehead atoms. The van der Waals surface area contributed by atoms with Gasteiger partial charge < -0.3 is 24.8 Å².